The van der Waals surface area contributed by atoms with Crippen molar-refractivity contribution in [2.24, 2.45) is 105 Å². The molecular formula is C78H116N4O4. The van der Waals surface area contributed by atoms with Crippen LogP contribution in [0.3, 0.4) is 0 Å². The largest absolute Gasteiger partial charge is 0.490 e. The number of fused-ring (bicyclic) bond motifs is 10. The van der Waals surface area contributed by atoms with Crippen molar-refractivity contribution < 1.29 is 18.9 Å². The Morgan fingerprint density at radius 1 is 0.349 bits per heavy atom. The zero-order valence-electron chi connectivity index (χ0n) is 55.1. The van der Waals surface area contributed by atoms with Gasteiger partial charge in [-0.15, -0.1) is 0 Å². The molecule has 4 aromatic carbocycles. The molecule has 20 atom stereocenters. The molecule has 8 aliphatic rings. The number of nitrogen functional groups attached to an aromatic ring is 4. The fourth-order valence-electron chi connectivity index (χ4n) is 21.9. The van der Waals surface area contributed by atoms with Crippen LogP contribution in [0.15, 0.2) is 97.1 Å². The molecule has 0 bridgehead atoms. The quantitative estimate of drug-likeness (QED) is 0.0722. The summed E-state index contributed by atoms with van der Waals surface area (Å²) in [6.07, 6.45) is 29.6. The van der Waals surface area contributed by atoms with Gasteiger partial charge in [-0.1, -0.05) is 108 Å². The summed E-state index contributed by atoms with van der Waals surface area (Å²) in [4.78, 5) is 0. The molecule has 8 aliphatic carbocycles. The molecular weight excluding hydrogens is 1060 g/mol. The molecule has 0 aliphatic heterocycles. The van der Waals surface area contributed by atoms with E-state index in [4.69, 9.17) is 41.9 Å². The molecule has 472 valence electrons. The Bertz CT molecular complexity index is 2610. The molecule has 12 rings (SSSR count). The van der Waals surface area contributed by atoms with E-state index in [9.17, 15) is 0 Å². The molecule has 0 spiro atoms. The van der Waals surface area contributed by atoms with E-state index in [1.165, 1.54) is 116 Å². The van der Waals surface area contributed by atoms with Gasteiger partial charge in [0.05, 0.1) is 12.2 Å². The highest BCUT2D eigenvalue weighted by Crippen LogP contribution is 2.71. The minimum atomic E-state index is 0.206. The molecule has 8 N–H and O–H groups in total. The summed E-state index contributed by atoms with van der Waals surface area (Å²) in [5.41, 5.74) is 28.7. The van der Waals surface area contributed by atoms with Crippen LogP contribution in [-0.4, -0.2) is 24.4 Å². The van der Waals surface area contributed by atoms with Crippen molar-refractivity contribution in [1.82, 2.24) is 0 Å². The van der Waals surface area contributed by atoms with Crippen LogP contribution < -0.4 is 41.9 Å². The molecule has 0 amide bonds. The third-order valence-electron chi connectivity index (χ3n) is 26.3. The van der Waals surface area contributed by atoms with Crippen molar-refractivity contribution in [3.8, 4) is 23.0 Å². The third-order valence-corrected chi connectivity index (χ3v) is 26.3. The molecule has 8 heteroatoms. The van der Waals surface area contributed by atoms with E-state index in [0.29, 0.717) is 22.7 Å². The maximum atomic E-state index is 7.01. The predicted octanol–water partition coefficient (Wildman–Crippen LogP) is 19.6. The summed E-state index contributed by atoms with van der Waals surface area (Å²) in [5.74, 6) is 14.5. The van der Waals surface area contributed by atoms with Crippen molar-refractivity contribution in [2.75, 3.05) is 22.9 Å². The van der Waals surface area contributed by atoms with Crippen molar-refractivity contribution in [3.05, 3.63) is 97.1 Å². The molecule has 86 heavy (non-hydrogen) atoms. The zero-order chi connectivity index (χ0) is 60.7. The average molecular weight is 1170 g/mol. The molecule has 0 aromatic heterocycles. The second-order valence-electron chi connectivity index (χ2n) is 32.1. The third kappa shape index (κ3) is 13.0. The highest BCUT2D eigenvalue weighted by atomic mass is 16.5. The van der Waals surface area contributed by atoms with Crippen LogP contribution in [0.5, 0.6) is 23.0 Å². The van der Waals surface area contributed by atoms with Crippen LogP contribution in [0, 0.1) is 105 Å². The lowest BCUT2D eigenvalue weighted by molar-refractivity contribution is -0.164. The van der Waals surface area contributed by atoms with Crippen molar-refractivity contribution in [2.45, 2.75) is 235 Å². The molecule has 0 saturated heterocycles. The smallest absolute Gasteiger partial charge is 0.119 e. The Morgan fingerprint density at radius 2 is 0.651 bits per heavy atom. The summed E-state index contributed by atoms with van der Waals surface area (Å²) < 4.78 is 27.2. The lowest BCUT2D eigenvalue weighted by atomic mass is 9.43. The Hall–Kier alpha value is -4.72. The number of rotatable bonds is 18. The fraction of sp³-hybridized carbons (Fsp3) is 0.692. The minimum Gasteiger partial charge on any atom is -0.490 e. The predicted molar refractivity (Wildman–Crippen MR) is 358 cm³/mol. The van der Waals surface area contributed by atoms with E-state index >= 15 is 0 Å². The summed E-state index contributed by atoms with van der Waals surface area (Å²) in [5, 5.41) is 0. The standard InChI is InChI=1S/2C39H58N2O2/c2*1-25(2)7-6-8-26(3)33-17-18-34-32-24-37(43-30-15-11-28(41)12-16-30)36-23-31(42-29-13-9-27(40)10-14-29)19-21-39(36,5)35(32)20-22-38(33,34)4/h2*9-16,25-26,31-37H,6-8,17-24,40-41H2,1-5H3/t2*26-,31?,32+,33-,34+,35+,36?,37?,38-,39-/m11/s1. The lowest BCUT2D eigenvalue weighted by Crippen LogP contribution is -2.59. The summed E-state index contributed by atoms with van der Waals surface area (Å²) >= 11 is 0. The summed E-state index contributed by atoms with van der Waals surface area (Å²) in [7, 11) is 0. The first kappa shape index (κ1) is 62.9. The van der Waals surface area contributed by atoms with Gasteiger partial charge < -0.3 is 41.9 Å². The van der Waals surface area contributed by atoms with E-state index < -0.39 is 0 Å². The highest BCUT2D eigenvalue weighted by molar-refractivity contribution is 5.44. The van der Waals surface area contributed by atoms with Crippen molar-refractivity contribution in [1.29, 1.82) is 0 Å². The summed E-state index contributed by atoms with van der Waals surface area (Å²) in [6.45, 7) is 25.3. The first-order valence-electron chi connectivity index (χ1n) is 35.2. The number of nitrogens with two attached hydrogens (primary N) is 4. The van der Waals surface area contributed by atoms with Crippen molar-refractivity contribution in [3.63, 3.8) is 0 Å². The molecule has 8 nitrogen and oxygen atoms in total. The Balaban J connectivity index is 0.000000179. The molecule has 8 saturated carbocycles. The second-order valence-corrected chi connectivity index (χ2v) is 32.1. The van der Waals surface area contributed by atoms with Gasteiger partial charge >= 0.3 is 0 Å². The van der Waals surface area contributed by atoms with Gasteiger partial charge in [-0.2, -0.15) is 0 Å². The van der Waals surface area contributed by atoms with Crippen LogP contribution in [0.2, 0.25) is 0 Å². The van der Waals surface area contributed by atoms with Crippen LogP contribution in [0.4, 0.5) is 22.7 Å². The van der Waals surface area contributed by atoms with Crippen LogP contribution >= 0.6 is 0 Å². The highest BCUT2D eigenvalue weighted by Gasteiger charge is 2.65. The first-order valence-corrected chi connectivity index (χ1v) is 35.2. The normalized spacial score (nSPS) is 37.7. The van der Waals surface area contributed by atoms with Gasteiger partial charge in [-0.3, -0.25) is 0 Å². The Morgan fingerprint density at radius 3 is 0.977 bits per heavy atom. The first-order chi connectivity index (χ1) is 41.1. The maximum Gasteiger partial charge on any atom is 0.119 e. The number of ether oxygens (including phenoxy) is 4. The second kappa shape index (κ2) is 26.0. The fourth-order valence-corrected chi connectivity index (χ4v) is 21.9. The zero-order valence-corrected chi connectivity index (χ0v) is 55.1. The van der Waals surface area contributed by atoms with E-state index in [1.807, 2.05) is 72.8 Å². The number of anilines is 4. The van der Waals surface area contributed by atoms with Crippen LogP contribution in [0.25, 0.3) is 0 Å². The van der Waals surface area contributed by atoms with E-state index in [1.54, 1.807) is 0 Å². The molecule has 0 radical (unpaired) electrons. The van der Waals surface area contributed by atoms with E-state index in [0.717, 1.165) is 142 Å². The van der Waals surface area contributed by atoms with Crippen LogP contribution in [-0.2, 0) is 0 Å². The van der Waals surface area contributed by atoms with Gasteiger partial charge in [0.25, 0.3) is 0 Å². The molecule has 8 fully saturated rings. The summed E-state index contributed by atoms with van der Waals surface area (Å²) in [6, 6.07) is 32.0. The van der Waals surface area contributed by atoms with Crippen molar-refractivity contribution >= 4 is 22.7 Å². The topological polar surface area (TPSA) is 141 Å². The van der Waals surface area contributed by atoms with Gasteiger partial charge in [0.1, 0.15) is 35.2 Å². The van der Waals surface area contributed by atoms with Gasteiger partial charge in [0, 0.05) is 34.6 Å². The Labute approximate surface area is 521 Å². The molecule has 4 aromatic rings. The minimum absolute atomic E-state index is 0.206. The van der Waals surface area contributed by atoms with Gasteiger partial charge in [0.2, 0.25) is 0 Å². The van der Waals surface area contributed by atoms with Gasteiger partial charge in [-0.25, -0.2) is 0 Å². The molecule has 0 heterocycles. The Kier molecular flexibility index (Phi) is 19.0. The van der Waals surface area contributed by atoms with Gasteiger partial charge in [-0.05, 0) is 292 Å². The molecule has 6 unspecified atom stereocenters. The lowest BCUT2D eigenvalue weighted by Gasteiger charge is -2.63. The number of benzene rings is 4. The van der Waals surface area contributed by atoms with E-state index in [-0.39, 0.29) is 35.2 Å². The number of hydrogen-bond acceptors (Lipinski definition) is 8. The average Bonchev–Trinajstić information content (AvgIpc) is 1.30. The maximum absolute atomic E-state index is 7.01. The SMILES string of the molecule is CC(C)CCC[C@@H](C)[C@H]1CC[C@H]2[C@@H]3CC(Oc4ccc(N)cc4)C4CC(Oc5ccc(N)cc5)CC[C@]4(C)[C@H]3CC[C@]12C.CC(C)CCC[C@@H](C)[C@H]1CC[C@H]2[C@@H]3CC(Oc4ccc(N)cc4)C4CC(Oc5ccc(N)cc5)CC[C@]4(C)[C@H]3CC[C@]12C. The van der Waals surface area contributed by atoms with E-state index in [2.05, 4.69) is 93.5 Å². The number of hydrogen-bond donors (Lipinski definition) is 4. The monoisotopic (exact) mass is 1170 g/mol. The van der Waals surface area contributed by atoms with Crippen LogP contribution in [0.1, 0.15) is 210 Å². The van der Waals surface area contributed by atoms with Gasteiger partial charge in [0.15, 0.2) is 0 Å².